The summed E-state index contributed by atoms with van der Waals surface area (Å²) in [4.78, 5) is 11.8. The van der Waals surface area contributed by atoms with E-state index in [2.05, 4.69) is 5.16 Å². The van der Waals surface area contributed by atoms with Crippen molar-refractivity contribution >= 4 is 17.7 Å². The molecule has 0 bridgehead atoms. The molecule has 0 unspecified atom stereocenters. The minimum Gasteiger partial charge on any atom is -0.458 e. The number of hydrogen-bond acceptors (Lipinski definition) is 5. The quantitative estimate of drug-likeness (QED) is 0.479. The zero-order chi connectivity index (χ0) is 17.6. The van der Waals surface area contributed by atoms with Crippen LogP contribution in [-0.4, -0.2) is 16.9 Å². The summed E-state index contributed by atoms with van der Waals surface area (Å²) < 4.78 is 36.8. The molecule has 1 aromatic heterocycles. The van der Waals surface area contributed by atoms with Crippen LogP contribution in [0.15, 0.2) is 64.0 Å². The predicted molar refractivity (Wildman–Crippen MR) is 88.8 cm³/mol. The highest BCUT2D eigenvalue weighted by atomic mass is 32.2. The second-order valence-corrected chi connectivity index (χ2v) is 6.09. The average molecular weight is 361 g/mol. The Bertz CT molecular complexity index is 868. The normalized spacial score (nSPS) is 10.6. The van der Waals surface area contributed by atoms with E-state index in [1.165, 1.54) is 0 Å². The van der Waals surface area contributed by atoms with Crippen molar-refractivity contribution in [2.75, 3.05) is 5.75 Å². The summed E-state index contributed by atoms with van der Waals surface area (Å²) >= 11 is 0.873. The van der Waals surface area contributed by atoms with E-state index in [9.17, 15) is 13.6 Å². The Morgan fingerprint density at radius 3 is 2.72 bits per heavy atom. The number of halogens is 2. The molecule has 1 heterocycles. The van der Waals surface area contributed by atoms with Crippen molar-refractivity contribution in [3.8, 4) is 11.3 Å². The van der Waals surface area contributed by atoms with Gasteiger partial charge in [-0.05, 0) is 18.2 Å². The number of esters is 1. The first kappa shape index (κ1) is 17.2. The zero-order valence-corrected chi connectivity index (χ0v) is 13.8. The van der Waals surface area contributed by atoms with Crippen molar-refractivity contribution in [1.29, 1.82) is 0 Å². The lowest BCUT2D eigenvalue weighted by Crippen LogP contribution is -2.07. The van der Waals surface area contributed by atoms with Gasteiger partial charge in [0.05, 0.1) is 5.75 Å². The van der Waals surface area contributed by atoms with E-state index >= 15 is 0 Å². The van der Waals surface area contributed by atoms with Crippen LogP contribution in [0.2, 0.25) is 0 Å². The Morgan fingerprint density at radius 1 is 1.12 bits per heavy atom. The van der Waals surface area contributed by atoms with Crippen LogP contribution in [0.5, 0.6) is 0 Å². The molecule has 0 aliphatic heterocycles. The van der Waals surface area contributed by atoms with E-state index in [4.69, 9.17) is 9.26 Å². The first-order valence-electron chi connectivity index (χ1n) is 7.36. The van der Waals surface area contributed by atoms with Gasteiger partial charge < -0.3 is 9.26 Å². The van der Waals surface area contributed by atoms with Crippen molar-refractivity contribution < 1.29 is 22.8 Å². The minimum absolute atomic E-state index is 0.0542. The standard InChI is InChI=1S/C18H13F2NO3S/c19-13-6-7-15(20)17(8-13)25-11-18(22)23-10-14-9-16(24-21-14)12-4-2-1-3-5-12/h1-9H,10-11H2. The van der Waals surface area contributed by atoms with Gasteiger partial charge in [0.15, 0.2) is 5.76 Å². The van der Waals surface area contributed by atoms with Gasteiger partial charge in [-0.25, -0.2) is 8.78 Å². The molecule has 0 atom stereocenters. The molecule has 0 aliphatic carbocycles. The lowest BCUT2D eigenvalue weighted by atomic mass is 10.2. The summed E-state index contributed by atoms with van der Waals surface area (Å²) in [6.07, 6.45) is 0. The predicted octanol–water partition coefficient (Wildman–Crippen LogP) is 4.46. The molecule has 0 N–H and O–H groups in total. The molecular formula is C18H13F2NO3S. The Balaban J connectivity index is 1.51. The summed E-state index contributed by atoms with van der Waals surface area (Å²) in [6, 6.07) is 14.2. The van der Waals surface area contributed by atoms with Crippen molar-refractivity contribution in [2.45, 2.75) is 11.5 Å². The summed E-state index contributed by atoms with van der Waals surface area (Å²) in [7, 11) is 0. The van der Waals surface area contributed by atoms with Gasteiger partial charge in [-0.15, -0.1) is 11.8 Å². The van der Waals surface area contributed by atoms with Crippen LogP contribution in [0, 0.1) is 11.6 Å². The molecule has 7 heteroatoms. The van der Waals surface area contributed by atoms with E-state index < -0.39 is 17.6 Å². The Labute approximate surface area is 146 Å². The fourth-order valence-corrected chi connectivity index (χ4v) is 2.80. The lowest BCUT2D eigenvalue weighted by Gasteiger charge is -2.04. The summed E-state index contributed by atoms with van der Waals surface area (Å²) in [5.74, 6) is -1.26. The first-order valence-corrected chi connectivity index (χ1v) is 8.35. The highest BCUT2D eigenvalue weighted by molar-refractivity contribution is 8.00. The van der Waals surface area contributed by atoms with Gasteiger partial charge in [-0.2, -0.15) is 0 Å². The largest absolute Gasteiger partial charge is 0.458 e. The number of ether oxygens (including phenoxy) is 1. The molecular weight excluding hydrogens is 348 g/mol. The minimum atomic E-state index is -0.580. The van der Waals surface area contributed by atoms with Crippen LogP contribution in [0.4, 0.5) is 8.78 Å². The summed E-state index contributed by atoms with van der Waals surface area (Å²) in [5, 5.41) is 3.84. The van der Waals surface area contributed by atoms with Crippen LogP contribution in [0.1, 0.15) is 5.69 Å². The number of carbonyl (C=O) groups excluding carboxylic acids is 1. The maximum atomic E-state index is 13.5. The number of thioether (sulfide) groups is 1. The van der Waals surface area contributed by atoms with E-state index in [0.717, 1.165) is 35.5 Å². The van der Waals surface area contributed by atoms with Gasteiger partial charge in [0.25, 0.3) is 0 Å². The maximum Gasteiger partial charge on any atom is 0.316 e. The van der Waals surface area contributed by atoms with Crippen molar-refractivity contribution in [3.63, 3.8) is 0 Å². The van der Waals surface area contributed by atoms with Gasteiger partial charge in [0, 0.05) is 16.5 Å². The van der Waals surface area contributed by atoms with Gasteiger partial charge in [-0.1, -0.05) is 35.5 Å². The zero-order valence-electron chi connectivity index (χ0n) is 12.9. The molecule has 2 aromatic carbocycles. The van der Waals surface area contributed by atoms with E-state index in [1.54, 1.807) is 6.07 Å². The monoisotopic (exact) mass is 361 g/mol. The second kappa shape index (κ2) is 7.94. The molecule has 4 nitrogen and oxygen atoms in total. The maximum absolute atomic E-state index is 13.5. The summed E-state index contributed by atoms with van der Waals surface area (Å²) in [5.41, 5.74) is 1.33. The molecule has 0 amide bonds. The second-order valence-electron chi connectivity index (χ2n) is 5.07. The summed E-state index contributed by atoms with van der Waals surface area (Å²) in [6.45, 7) is -0.0542. The van der Waals surface area contributed by atoms with E-state index in [0.29, 0.717) is 11.5 Å². The molecule has 0 aliphatic rings. The van der Waals surface area contributed by atoms with Crippen molar-refractivity contribution in [3.05, 3.63) is 71.9 Å². The molecule has 0 saturated heterocycles. The lowest BCUT2D eigenvalue weighted by molar-refractivity contribution is -0.141. The Kier molecular flexibility index (Phi) is 5.45. The number of hydrogen-bond donors (Lipinski definition) is 0. The van der Waals surface area contributed by atoms with Gasteiger partial charge in [-0.3, -0.25) is 4.79 Å². The number of nitrogens with zero attached hydrogens (tertiary/aromatic N) is 1. The van der Waals surface area contributed by atoms with Crippen LogP contribution in [-0.2, 0) is 16.1 Å². The fraction of sp³-hybridized carbons (Fsp3) is 0.111. The smallest absolute Gasteiger partial charge is 0.316 e. The highest BCUT2D eigenvalue weighted by Gasteiger charge is 2.11. The van der Waals surface area contributed by atoms with Gasteiger partial charge in [0.1, 0.15) is 23.9 Å². The highest BCUT2D eigenvalue weighted by Crippen LogP contribution is 2.23. The average Bonchev–Trinajstić information content (AvgIpc) is 3.10. The molecule has 128 valence electrons. The van der Waals surface area contributed by atoms with E-state index in [1.807, 2.05) is 30.3 Å². The fourth-order valence-electron chi connectivity index (χ4n) is 2.04. The number of aromatic nitrogens is 1. The first-order chi connectivity index (χ1) is 12.1. The number of benzene rings is 2. The Morgan fingerprint density at radius 2 is 1.92 bits per heavy atom. The van der Waals surface area contributed by atoms with Crippen LogP contribution >= 0.6 is 11.8 Å². The SMILES string of the molecule is O=C(CSc1cc(F)ccc1F)OCc1cc(-c2ccccc2)on1. The van der Waals surface area contributed by atoms with Crippen molar-refractivity contribution in [2.24, 2.45) is 0 Å². The van der Waals surface area contributed by atoms with Crippen LogP contribution in [0.25, 0.3) is 11.3 Å². The van der Waals surface area contributed by atoms with Gasteiger partial charge in [0.2, 0.25) is 0 Å². The molecule has 0 radical (unpaired) electrons. The molecule has 0 spiro atoms. The number of rotatable bonds is 6. The van der Waals surface area contributed by atoms with Crippen molar-refractivity contribution in [1.82, 2.24) is 5.16 Å². The molecule has 3 aromatic rings. The Hall–Kier alpha value is -2.67. The molecule has 3 rings (SSSR count). The van der Waals surface area contributed by atoms with E-state index in [-0.39, 0.29) is 17.3 Å². The van der Waals surface area contributed by atoms with Gasteiger partial charge >= 0.3 is 5.97 Å². The third-order valence-corrected chi connectivity index (χ3v) is 4.24. The molecule has 0 saturated carbocycles. The number of carbonyl (C=O) groups is 1. The third-order valence-electron chi connectivity index (χ3n) is 3.24. The molecule has 25 heavy (non-hydrogen) atoms. The van der Waals surface area contributed by atoms with Crippen LogP contribution < -0.4 is 0 Å². The topological polar surface area (TPSA) is 52.3 Å². The molecule has 0 fully saturated rings. The third kappa shape index (κ3) is 4.67. The van der Waals surface area contributed by atoms with Crippen LogP contribution in [0.3, 0.4) is 0 Å².